The second-order valence-corrected chi connectivity index (χ2v) is 21.7. The predicted octanol–water partition coefficient (Wildman–Crippen LogP) is 13.3. The van der Waals surface area contributed by atoms with Crippen molar-refractivity contribution in [2.45, 2.75) is 116 Å². The summed E-state index contributed by atoms with van der Waals surface area (Å²) in [4.78, 5) is 43.7. The third kappa shape index (κ3) is 13.5. The summed E-state index contributed by atoms with van der Waals surface area (Å²) in [6.45, 7) is 9.05. The summed E-state index contributed by atoms with van der Waals surface area (Å²) >= 11 is 0. The molecule has 1 fully saturated rings. The lowest BCUT2D eigenvalue weighted by molar-refractivity contribution is -0.139. The van der Waals surface area contributed by atoms with Crippen LogP contribution in [0.3, 0.4) is 0 Å². The molecular formula is C68H72FN5O7. The van der Waals surface area contributed by atoms with Crippen LogP contribution < -0.4 is 10.6 Å². The van der Waals surface area contributed by atoms with Crippen LogP contribution in [0.15, 0.2) is 170 Å². The van der Waals surface area contributed by atoms with Crippen LogP contribution in [0.1, 0.15) is 121 Å². The summed E-state index contributed by atoms with van der Waals surface area (Å²) in [6, 6.07) is 53.4. The van der Waals surface area contributed by atoms with Crippen LogP contribution in [0.5, 0.6) is 0 Å². The molecule has 10 rings (SSSR count). The number of fused-ring (bicyclic) bond motifs is 3. The van der Waals surface area contributed by atoms with Crippen LogP contribution in [0.25, 0.3) is 44.3 Å². The van der Waals surface area contributed by atoms with E-state index in [4.69, 9.17) is 10.1 Å². The van der Waals surface area contributed by atoms with Gasteiger partial charge in [-0.05, 0) is 133 Å². The Labute approximate surface area is 473 Å². The van der Waals surface area contributed by atoms with E-state index in [1.165, 1.54) is 39.5 Å². The van der Waals surface area contributed by atoms with E-state index in [1.807, 2.05) is 109 Å². The number of aliphatic carboxylic acids is 1. The van der Waals surface area contributed by atoms with Gasteiger partial charge in [0.25, 0.3) is 5.91 Å². The molecule has 4 atom stereocenters. The first-order chi connectivity index (χ1) is 39.2. The fourth-order valence-electron chi connectivity index (χ4n) is 11.9. The van der Waals surface area contributed by atoms with Crippen molar-refractivity contribution in [3.63, 3.8) is 0 Å². The zero-order chi connectivity index (χ0) is 57.2. The fourth-order valence-corrected chi connectivity index (χ4v) is 11.9. The van der Waals surface area contributed by atoms with Gasteiger partial charge in [0.15, 0.2) is 0 Å². The van der Waals surface area contributed by atoms with E-state index in [1.54, 1.807) is 12.1 Å². The summed E-state index contributed by atoms with van der Waals surface area (Å²) in [7, 11) is 0. The van der Waals surface area contributed by atoms with E-state index in [2.05, 4.69) is 83.6 Å². The Bertz CT molecular complexity index is 3580. The number of rotatable bonds is 20. The van der Waals surface area contributed by atoms with E-state index in [0.29, 0.717) is 40.5 Å². The number of benzene rings is 6. The predicted molar refractivity (Wildman–Crippen MR) is 319 cm³/mol. The lowest BCUT2D eigenvalue weighted by atomic mass is 9.83. The van der Waals surface area contributed by atoms with Crippen LogP contribution in [0.2, 0.25) is 0 Å². The Kier molecular flexibility index (Phi) is 18.7. The first kappa shape index (κ1) is 57.5. The molecule has 0 unspecified atom stereocenters. The summed E-state index contributed by atoms with van der Waals surface area (Å²) in [5.41, 5.74) is 12.4. The normalized spacial score (nSPS) is 14.1. The second kappa shape index (κ2) is 26.4. The smallest absolute Gasteiger partial charge is 0.305 e. The van der Waals surface area contributed by atoms with E-state index >= 15 is 0 Å². The van der Waals surface area contributed by atoms with Crippen molar-refractivity contribution in [1.29, 1.82) is 0 Å². The number of aliphatic hydroxyl groups is 3. The van der Waals surface area contributed by atoms with Crippen molar-refractivity contribution in [3.05, 3.63) is 215 Å². The van der Waals surface area contributed by atoms with Crippen LogP contribution in [-0.2, 0) is 22.7 Å². The molecular weight excluding hydrogens is 1020 g/mol. The molecule has 0 aliphatic heterocycles. The minimum Gasteiger partial charge on any atom is -0.481 e. The minimum atomic E-state index is -1.18. The number of nitrogens with zero attached hydrogens (tertiary/aromatic N) is 3. The molecule has 9 aromatic rings. The van der Waals surface area contributed by atoms with E-state index in [0.717, 1.165) is 59.4 Å². The van der Waals surface area contributed by atoms with Crippen LogP contribution >= 0.6 is 0 Å². The zero-order valence-electron chi connectivity index (χ0n) is 46.4. The molecule has 6 aromatic carbocycles. The average molecular weight is 1090 g/mol. The number of aliphatic hydroxyl groups excluding tert-OH is 3. The van der Waals surface area contributed by atoms with Gasteiger partial charge in [-0.25, -0.2) is 9.37 Å². The summed E-state index contributed by atoms with van der Waals surface area (Å²) in [6.07, 6.45) is 1.93. The maximum absolute atomic E-state index is 14.0. The molecule has 3 heterocycles. The monoisotopic (exact) mass is 1090 g/mol. The lowest BCUT2D eigenvalue weighted by Gasteiger charge is -2.26. The van der Waals surface area contributed by atoms with Crippen molar-refractivity contribution >= 4 is 45.4 Å². The zero-order valence-corrected chi connectivity index (χ0v) is 46.4. The van der Waals surface area contributed by atoms with Gasteiger partial charge in [-0.1, -0.05) is 148 Å². The van der Waals surface area contributed by atoms with Crippen LogP contribution in [-0.4, -0.2) is 71.1 Å². The molecule has 2 amide bonds. The topological polar surface area (TPSA) is 179 Å². The van der Waals surface area contributed by atoms with Gasteiger partial charge >= 0.3 is 5.97 Å². The largest absolute Gasteiger partial charge is 0.481 e. The number of nitrogens with one attached hydrogen (secondary N) is 2. The van der Waals surface area contributed by atoms with Gasteiger partial charge in [-0.2, -0.15) is 0 Å². The minimum absolute atomic E-state index is 0.0000936. The van der Waals surface area contributed by atoms with Gasteiger partial charge < -0.3 is 40.2 Å². The van der Waals surface area contributed by atoms with Crippen LogP contribution in [0.4, 0.5) is 10.1 Å². The number of aromatic nitrogens is 3. The SMILES string of the molecule is CC(C)c1c(C(=O)Nc2ccccc2)c(-c2ccccc2)c(-c2ccc(F)cc2)n1CC[C@@H](O)C[C@@H](O)CC(=O)O.Cc1cc(C)c2c3ccccc3n(Cc3ccc([C@@H](C(=O)N[C@@H](CO)c4ccccc4)C4CCCC4)cc3)c2n1. The van der Waals surface area contributed by atoms with Gasteiger partial charge in [0.1, 0.15) is 11.5 Å². The van der Waals surface area contributed by atoms with E-state index in [-0.39, 0.29) is 55.5 Å². The van der Waals surface area contributed by atoms with Gasteiger partial charge in [0.05, 0.1) is 54.0 Å². The first-order valence-electron chi connectivity index (χ1n) is 28.1. The van der Waals surface area contributed by atoms with E-state index < -0.39 is 30.6 Å². The van der Waals surface area contributed by atoms with Gasteiger partial charge in [-0.15, -0.1) is 0 Å². The Morgan fingerprint density at radius 3 is 2.00 bits per heavy atom. The number of pyridine rings is 1. The molecule has 418 valence electrons. The highest BCUT2D eigenvalue weighted by atomic mass is 19.1. The number of hydrogen-bond donors (Lipinski definition) is 6. The van der Waals surface area contributed by atoms with Crippen LogP contribution in [0, 0.1) is 25.6 Å². The highest BCUT2D eigenvalue weighted by molar-refractivity contribution is 6.12. The number of halogens is 1. The molecule has 1 saturated carbocycles. The molecule has 6 N–H and O–H groups in total. The third-order valence-electron chi connectivity index (χ3n) is 15.5. The summed E-state index contributed by atoms with van der Waals surface area (Å²) < 4.78 is 18.3. The molecule has 13 heteroatoms. The van der Waals surface area contributed by atoms with Crippen molar-refractivity contribution < 1.29 is 39.2 Å². The van der Waals surface area contributed by atoms with Crippen molar-refractivity contribution in [2.24, 2.45) is 5.92 Å². The van der Waals surface area contributed by atoms with Gasteiger partial charge in [-0.3, -0.25) is 14.4 Å². The molecule has 1 aliphatic carbocycles. The number of hydrogen-bond acceptors (Lipinski definition) is 7. The standard InChI is InChI=1S/C35H37N3O2.C33H35FN2O5/c1-23-20-24(2)36-34-32(23)29-14-8-9-15-31(29)38(34)21-25-16-18-28(19-17-25)33(27-12-6-7-13-27)35(40)37-30(22-39)26-10-4-3-5-11-26;1-21(2)31-30(33(41)35-25-11-7-4-8-12-25)29(22-9-5-3-6-10-22)32(23-13-15-24(34)16-14-23)36(31)18-17-26(37)19-27(38)20-28(39)40/h3-5,8-11,14-20,27,30,33,39H,6-7,12-13,21-22H2,1-2H3,(H,37,40);3-16,21,26-27,37-38H,17-20H2,1-2H3,(H,35,41)(H,39,40)/t30-,33-;26-,27-/m01/s1. The molecule has 12 nitrogen and oxygen atoms in total. The fraction of sp³-hybridized carbons (Fsp3) is 0.294. The number of anilines is 1. The Hall–Kier alpha value is -8.23. The quantitative estimate of drug-likeness (QED) is 0.0436. The molecule has 81 heavy (non-hydrogen) atoms. The molecule has 0 bridgehead atoms. The maximum Gasteiger partial charge on any atom is 0.305 e. The Morgan fingerprint density at radius 1 is 0.728 bits per heavy atom. The molecule has 1 aliphatic rings. The number of carbonyl (C=O) groups is 3. The number of carbonyl (C=O) groups excluding carboxylic acids is 2. The Morgan fingerprint density at radius 2 is 1.36 bits per heavy atom. The van der Waals surface area contributed by atoms with Crippen molar-refractivity contribution in [3.8, 4) is 22.4 Å². The van der Waals surface area contributed by atoms with Gasteiger partial charge in [0.2, 0.25) is 5.91 Å². The number of para-hydroxylation sites is 2. The summed E-state index contributed by atoms with van der Waals surface area (Å²) in [5, 5.41) is 48.5. The molecule has 0 saturated heterocycles. The lowest BCUT2D eigenvalue weighted by Crippen LogP contribution is -2.37. The Balaban J connectivity index is 0.000000196. The molecule has 0 radical (unpaired) electrons. The number of carboxylic acids is 1. The second-order valence-electron chi connectivity index (χ2n) is 21.7. The van der Waals surface area contributed by atoms with E-state index in [9.17, 15) is 34.1 Å². The summed E-state index contributed by atoms with van der Waals surface area (Å²) in [5.74, 6) is -1.85. The number of aryl methyl sites for hydroxylation is 2. The highest BCUT2D eigenvalue weighted by Gasteiger charge is 2.34. The molecule has 0 spiro atoms. The number of carboxylic acid groups (broad SMARTS) is 1. The maximum atomic E-state index is 14.0. The molecule has 3 aromatic heterocycles. The van der Waals surface area contributed by atoms with Crippen molar-refractivity contribution in [2.75, 3.05) is 11.9 Å². The van der Waals surface area contributed by atoms with Crippen molar-refractivity contribution in [1.82, 2.24) is 19.4 Å². The first-order valence-corrected chi connectivity index (χ1v) is 28.1. The van der Waals surface area contributed by atoms with Gasteiger partial charge in [0, 0.05) is 46.5 Å². The third-order valence-corrected chi connectivity index (χ3v) is 15.5. The average Bonchev–Trinajstić information content (AvgIpc) is 4.32. The number of amides is 2. The highest BCUT2D eigenvalue weighted by Crippen LogP contribution is 2.43.